The smallest absolute Gasteiger partial charge is 0.304 e. The Morgan fingerprint density at radius 3 is 1.53 bits per heavy atom. The molecule has 100 valence electrons. The first kappa shape index (κ1) is 14.0. The summed E-state index contributed by atoms with van der Waals surface area (Å²) >= 11 is 0. The van der Waals surface area contributed by atoms with E-state index in [0.29, 0.717) is 13.2 Å². The Balaban J connectivity index is 1.84. The largest absolute Gasteiger partial charge is 0.328 e. The molecule has 0 atom stereocenters. The maximum Gasteiger partial charge on any atom is 0.328 e. The van der Waals surface area contributed by atoms with Gasteiger partial charge < -0.3 is 9.05 Å². The molecule has 19 heavy (non-hydrogen) atoms. The fraction of sp³-hybridized carbons (Fsp3) is 0.200. The number of hydrogen-bond donors (Lipinski definition) is 0. The van der Waals surface area contributed by atoms with Gasteiger partial charge in [-0.15, -0.1) is 0 Å². The Kier molecular flexibility index (Phi) is 4.92. The maximum absolute atomic E-state index is 12.1. The van der Waals surface area contributed by atoms with Gasteiger partial charge in [-0.2, -0.15) is 0 Å². The van der Waals surface area contributed by atoms with Crippen molar-refractivity contribution in [1.29, 1.82) is 0 Å². The standard InChI is InChI=1S/C15H17O3P/c1-19(16,17-12-14-8-4-2-5-9-14)18-13-15-10-6-3-7-11-15/h2-11H,12-13H2,1H3. The first-order chi connectivity index (χ1) is 9.16. The van der Waals surface area contributed by atoms with Gasteiger partial charge in [0.15, 0.2) is 0 Å². The van der Waals surface area contributed by atoms with E-state index in [1.165, 1.54) is 6.66 Å². The van der Waals surface area contributed by atoms with Gasteiger partial charge in [0.05, 0.1) is 13.2 Å². The summed E-state index contributed by atoms with van der Waals surface area (Å²) in [6.45, 7) is 2.09. The zero-order valence-electron chi connectivity index (χ0n) is 10.9. The summed E-state index contributed by atoms with van der Waals surface area (Å²) in [5.74, 6) is 0. The van der Waals surface area contributed by atoms with Crippen LogP contribution in [0.15, 0.2) is 60.7 Å². The second-order valence-electron chi connectivity index (χ2n) is 4.29. The fourth-order valence-electron chi connectivity index (χ4n) is 1.57. The van der Waals surface area contributed by atoms with Gasteiger partial charge in [-0.25, -0.2) is 0 Å². The van der Waals surface area contributed by atoms with Crippen molar-refractivity contribution in [3.63, 3.8) is 0 Å². The average Bonchev–Trinajstić information content (AvgIpc) is 2.46. The van der Waals surface area contributed by atoms with Crippen LogP contribution in [0.4, 0.5) is 0 Å². The summed E-state index contributed by atoms with van der Waals surface area (Å²) < 4.78 is 22.9. The van der Waals surface area contributed by atoms with Gasteiger partial charge >= 0.3 is 7.60 Å². The maximum atomic E-state index is 12.1. The lowest BCUT2D eigenvalue weighted by molar-refractivity contribution is 0.196. The molecule has 0 spiro atoms. The summed E-state index contributed by atoms with van der Waals surface area (Å²) in [5.41, 5.74) is 1.96. The Labute approximate surface area is 113 Å². The molecule has 2 rings (SSSR count). The first-order valence-electron chi connectivity index (χ1n) is 6.10. The minimum absolute atomic E-state index is 0.295. The summed E-state index contributed by atoms with van der Waals surface area (Å²) in [6, 6.07) is 19.3. The Morgan fingerprint density at radius 2 is 1.16 bits per heavy atom. The molecule has 2 aromatic carbocycles. The summed E-state index contributed by atoms with van der Waals surface area (Å²) in [6.07, 6.45) is 0. The van der Waals surface area contributed by atoms with E-state index in [1.807, 2.05) is 60.7 Å². The van der Waals surface area contributed by atoms with Crippen LogP contribution in [-0.4, -0.2) is 6.66 Å². The van der Waals surface area contributed by atoms with Crippen LogP contribution < -0.4 is 0 Å². The molecule has 0 saturated carbocycles. The molecule has 0 saturated heterocycles. The lowest BCUT2D eigenvalue weighted by Crippen LogP contribution is -1.96. The predicted molar refractivity (Wildman–Crippen MR) is 76.0 cm³/mol. The van der Waals surface area contributed by atoms with E-state index in [2.05, 4.69) is 0 Å². The van der Waals surface area contributed by atoms with Crippen molar-refractivity contribution in [1.82, 2.24) is 0 Å². The summed E-state index contributed by atoms with van der Waals surface area (Å²) in [7, 11) is -3.02. The highest BCUT2D eigenvalue weighted by Gasteiger charge is 2.17. The van der Waals surface area contributed by atoms with Gasteiger partial charge in [-0.3, -0.25) is 4.57 Å². The van der Waals surface area contributed by atoms with E-state index in [0.717, 1.165) is 11.1 Å². The molecule has 0 aliphatic heterocycles. The monoisotopic (exact) mass is 276 g/mol. The van der Waals surface area contributed by atoms with Crippen molar-refractivity contribution >= 4 is 7.60 Å². The van der Waals surface area contributed by atoms with Crippen LogP contribution in [0.3, 0.4) is 0 Å². The SMILES string of the molecule is CP(=O)(OCc1ccccc1)OCc1ccccc1. The third-order valence-corrected chi connectivity index (χ3v) is 3.81. The van der Waals surface area contributed by atoms with Gasteiger partial charge in [0.2, 0.25) is 0 Å². The van der Waals surface area contributed by atoms with Crippen LogP contribution in [0.5, 0.6) is 0 Å². The van der Waals surface area contributed by atoms with E-state index in [-0.39, 0.29) is 0 Å². The minimum atomic E-state index is -3.02. The van der Waals surface area contributed by atoms with Crippen molar-refractivity contribution in [2.45, 2.75) is 13.2 Å². The Bertz CT molecular complexity index is 492. The van der Waals surface area contributed by atoms with Crippen LogP contribution >= 0.6 is 7.60 Å². The topological polar surface area (TPSA) is 35.5 Å². The highest BCUT2D eigenvalue weighted by atomic mass is 31.2. The highest BCUT2D eigenvalue weighted by Crippen LogP contribution is 2.45. The number of hydrogen-bond acceptors (Lipinski definition) is 3. The zero-order chi connectivity index (χ0) is 13.6. The van der Waals surface area contributed by atoms with E-state index in [4.69, 9.17) is 9.05 Å². The van der Waals surface area contributed by atoms with Crippen LogP contribution in [-0.2, 0) is 26.8 Å². The van der Waals surface area contributed by atoms with Gasteiger partial charge in [0.25, 0.3) is 0 Å². The third-order valence-electron chi connectivity index (χ3n) is 2.62. The number of rotatable bonds is 6. The molecule has 0 amide bonds. The van der Waals surface area contributed by atoms with Gasteiger partial charge in [-0.1, -0.05) is 60.7 Å². The molecular formula is C15H17O3P. The zero-order valence-corrected chi connectivity index (χ0v) is 11.8. The molecule has 3 nitrogen and oxygen atoms in total. The lowest BCUT2D eigenvalue weighted by Gasteiger charge is -2.14. The molecule has 0 aromatic heterocycles. The van der Waals surface area contributed by atoms with Crippen LogP contribution in [0, 0.1) is 0 Å². The molecule has 4 heteroatoms. The second-order valence-corrected chi connectivity index (χ2v) is 6.35. The molecule has 0 bridgehead atoms. The van der Waals surface area contributed by atoms with E-state index < -0.39 is 7.60 Å². The first-order valence-corrected chi connectivity index (χ1v) is 8.09. The molecule has 0 aliphatic carbocycles. The predicted octanol–water partition coefficient (Wildman–Crippen LogP) is 4.24. The molecule has 0 N–H and O–H groups in total. The third kappa shape index (κ3) is 4.99. The van der Waals surface area contributed by atoms with Crippen LogP contribution in [0.2, 0.25) is 0 Å². The summed E-state index contributed by atoms with van der Waals surface area (Å²) in [4.78, 5) is 0. The normalized spacial score (nSPS) is 11.4. The van der Waals surface area contributed by atoms with E-state index in [9.17, 15) is 4.57 Å². The molecular weight excluding hydrogens is 259 g/mol. The van der Waals surface area contributed by atoms with Gasteiger partial charge in [0.1, 0.15) is 0 Å². The van der Waals surface area contributed by atoms with Crippen LogP contribution in [0.1, 0.15) is 11.1 Å². The molecule has 0 unspecified atom stereocenters. The molecule has 0 fully saturated rings. The minimum Gasteiger partial charge on any atom is -0.304 e. The van der Waals surface area contributed by atoms with Crippen molar-refractivity contribution in [3.05, 3.63) is 71.8 Å². The fourth-order valence-corrected chi connectivity index (χ4v) is 2.41. The second kappa shape index (κ2) is 6.67. The molecule has 2 aromatic rings. The lowest BCUT2D eigenvalue weighted by atomic mass is 10.2. The van der Waals surface area contributed by atoms with Crippen molar-refractivity contribution in [3.8, 4) is 0 Å². The van der Waals surface area contributed by atoms with Crippen molar-refractivity contribution in [2.24, 2.45) is 0 Å². The van der Waals surface area contributed by atoms with Crippen molar-refractivity contribution in [2.75, 3.05) is 6.66 Å². The average molecular weight is 276 g/mol. The Morgan fingerprint density at radius 1 is 0.789 bits per heavy atom. The van der Waals surface area contributed by atoms with Gasteiger partial charge in [0, 0.05) is 6.66 Å². The molecule has 0 heterocycles. The van der Waals surface area contributed by atoms with E-state index in [1.54, 1.807) is 0 Å². The van der Waals surface area contributed by atoms with Crippen molar-refractivity contribution < 1.29 is 13.6 Å². The Hall–Kier alpha value is -1.41. The van der Waals surface area contributed by atoms with Gasteiger partial charge in [-0.05, 0) is 11.1 Å². The molecule has 0 radical (unpaired) electrons. The van der Waals surface area contributed by atoms with E-state index >= 15 is 0 Å². The summed E-state index contributed by atoms with van der Waals surface area (Å²) in [5, 5.41) is 0. The quantitative estimate of drug-likeness (QED) is 0.740. The molecule has 0 aliphatic rings. The highest BCUT2D eigenvalue weighted by molar-refractivity contribution is 7.52. The van der Waals surface area contributed by atoms with Crippen LogP contribution in [0.25, 0.3) is 0 Å². The number of benzene rings is 2.